The van der Waals surface area contributed by atoms with Crippen molar-refractivity contribution < 1.29 is 0 Å². The van der Waals surface area contributed by atoms with Crippen LogP contribution in [-0.4, -0.2) is 9.55 Å². The van der Waals surface area contributed by atoms with E-state index >= 15 is 0 Å². The van der Waals surface area contributed by atoms with Crippen LogP contribution in [0, 0.1) is 0 Å². The number of nitrogens with zero attached hydrogens (tertiary/aromatic N) is 2. The fourth-order valence-electron chi connectivity index (χ4n) is 2.05. The van der Waals surface area contributed by atoms with E-state index in [1.165, 1.54) is 24.1 Å². The average molecular weight is 247 g/mol. The highest BCUT2D eigenvalue weighted by Gasteiger charge is 2.25. The summed E-state index contributed by atoms with van der Waals surface area (Å²) in [6.07, 6.45) is 6.56. The summed E-state index contributed by atoms with van der Waals surface area (Å²) in [6.45, 7) is 3.10. The molecule has 2 aromatic rings. The van der Waals surface area contributed by atoms with Crippen LogP contribution in [0.1, 0.15) is 43.1 Å². The van der Waals surface area contributed by atoms with E-state index in [4.69, 9.17) is 0 Å². The third kappa shape index (κ3) is 2.42. The van der Waals surface area contributed by atoms with Gasteiger partial charge in [0.05, 0.1) is 12.0 Å². The molecular formula is C13H17N3S. The Bertz CT molecular complexity index is 471. The molecule has 2 aromatic heterocycles. The van der Waals surface area contributed by atoms with Crippen molar-refractivity contribution in [3.63, 3.8) is 0 Å². The van der Waals surface area contributed by atoms with Crippen LogP contribution in [0.4, 0.5) is 0 Å². The minimum atomic E-state index is 0.406. The second-order valence-corrected chi connectivity index (χ2v) is 5.46. The molecule has 0 radical (unpaired) electrons. The topological polar surface area (TPSA) is 29.9 Å². The van der Waals surface area contributed by atoms with Crippen molar-refractivity contribution in [2.24, 2.45) is 0 Å². The molecule has 0 aliphatic heterocycles. The smallest absolute Gasteiger partial charge is 0.0951 e. The summed E-state index contributed by atoms with van der Waals surface area (Å²) >= 11 is 1.75. The Hall–Kier alpha value is -1.13. The third-order valence-electron chi connectivity index (χ3n) is 3.32. The van der Waals surface area contributed by atoms with Gasteiger partial charge < -0.3 is 9.88 Å². The predicted molar refractivity (Wildman–Crippen MR) is 70.1 cm³/mol. The van der Waals surface area contributed by atoms with E-state index in [0.29, 0.717) is 12.1 Å². The van der Waals surface area contributed by atoms with Gasteiger partial charge in [0.2, 0.25) is 0 Å². The molecule has 0 saturated heterocycles. The number of aromatic nitrogens is 2. The van der Waals surface area contributed by atoms with Crippen molar-refractivity contribution >= 4 is 11.3 Å². The van der Waals surface area contributed by atoms with Crippen molar-refractivity contribution in [2.45, 2.75) is 38.4 Å². The molecule has 90 valence electrons. The standard InChI is InChI=1S/C13H17N3S/c1-10(11-4-5-17-8-11)15-7-13-6-14-9-16(13)12-2-3-12/h4-6,8-10,12,15H,2-3,7H2,1H3. The van der Waals surface area contributed by atoms with Gasteiger partial charge in [0, 0.05) is 24.8 Å². The zero-order chi connectivity index (χ0) is 11.7. The van der Waals surface area contributed by atoms with E-state index in [-0.39, 0.29) is 0 Å². The number of hydrogen-bond donors (Lipinski definition) is 1. The maximum atomic E-state index is 4.25. The maximum Gasteiger partial charge on any atom is 0.0951 e. The minimum Gasteiger partial charge on any atom is -0.330 e. The molecule has 1 N–H and O–H groups in total. The minimum absolute atomic E-state index is 0.406. The lowest BCUT2D eigenvalue weighted by atomic mass is 10.2. The lowest BCUT2D eigenvalue weighted by Crippen LogP contribution is -2.19. The Kier molecular flexibility index (Phi) is 2.99. The normalized spacial score (nSPS) is 17.2. The second kappa shape index (κ2) is 4.63. The van der Waals surface area contributed by atoms with E-state index in [2.05, 4.69) is 38.6 Å². The van der Waals surface area contributed by atoms with Crippen LogP contribution < -0.4 is 5.32 Å². The van der Waals surface area contributed by atoms with E-state index in [1.54, 1.807) is 11.3 Å². The fourth-order valence-corrected chi connectivity index (χ4v) is 2.80. The van der Waals surface area contributed by atoms with Crippen molar-refractivity contribution in [3.05, 3.63) is 40.6 Å². The number of imidazole rings is 1. The molecule has 1 aliphatic rings. The summed E-state index contributed by atoms with van der Waals surface area (Å²) in [7, 11) is 0. The molecule has 0 spiro atoms. The average Bonchev–Trinajstić information content (AvgIpc) is 2.87. The molecular weight excluding hydrogens is 230 g/mol. The molecule has 1 atom stereocenters. The number of thiophene rings is 1. The summed E-state index contributed by atoms with van der Waals surface area (Å²) < 4.78 is 2.31. The molecule has 1 saturated carbocycles. The molecule has 1 unspecified atom stereocenters. The van der Waals surface area contributed by atoms with Gasteiger partial charge in [0.15, 0.2) is 0 Å². The van der Waals surface area contributed by atoms with Gasteiger partial charge in [-0.05, 0) is 42.2 Å². The molecule has 3 nitrogen and oxygen atoms in total. The van der Waals surface area contributed by atoms with E-state index in [9.17, 15) is 0 Å². The van der Waals surface area contributed by atoms with Crippen LogP contribution >= 0.6 is 11.3 Å². The van der Waals surface area contributed by atoms with Crippen LogP contribution in [0.2, 0.25) is 0 Å². The molecule has 0 amide bonds. The molecule has 3 rings (SSSR count). The molecule has 4 heteroatoms. The zero-order valence-electron chi connectivity index (χ0n) is 9.97. The molecule has 2 heterocycles. The maximum absolute atomic E-state index is 4.25. The van der Waals surface area contributed by atoms with Crippen LogP contribution in [-0.2, 0) is 6.54 Å². The van der Waals surface area contributed by atoms with E-state index < -0.39 is 0 Å². The molecule has 1 fully saturated rings. The first-order valence-electron chi connectivity index (χ1n) is 6.11. The Morgan fingerprint density at radius 1 is 1.59 bits per heavy atom. The Balaban J connectivity index is 1.61. The first-order valence-corrected chi connectivity index (χ1v) is 7.05. The van der Waals surface area contributed by atoms with Gasteiger partial charge in [0.1, 0.15) is 0 Å². The van der Waals surface area contributed by atoms with Gasteiger partial charge in [-0.2, -0.15) is 11.3 Å². The molecule has 0 bridgehead atoms. The Labute approximate surface area is 106 Å². The van der Waals surface area contributed by atoms with E-state index in [1.807, 2.05) is 12.5 Å². The highest BCUT2D eigenvalue weighted by Crippen LogP contribution is 2.35. The van der Waals surface area contributed by atoms with Crippen molar-refractivity contribution in [3.8, 4) is 0 Å². The first-order chi connectivity index (χ1) is 8.34. The zero-order valence-corrected chi connectivity index (χ0v) is 10.8. The van der Waals surface area contributed by atoms with Crippen LogP contribution in [0.5, 0.6) is 0 Å². The Morgan fingerprint density at radius 2 is 2.47 bits per heavy atom. The summed E-state index contributed by atoms with van der Waals surface area (Å²) in [6, 6.07) is 3.30. The van der Waals surface area contributed by atoms with Crippen LogP contribution in [0.15, 0.2) is 29.4 Å². The first kappa shape index (κ1) is 11.0. The van der Waals surface area contributed by atoms with Gasteiger partial charge >= 0.3 is 0 Å². The van der Waals surface area contributed by atoms with Crippen molar-refractivity contribution in [1.29, 1.82) is 0 Å². The van der Waals surface area contributed by atoms with Gasteiger partial charge in [-0.15, -0.1) is 0 Å². The number of nitrogens with one attached hydrogen (secondary N) is 1. The lowest BCUT2D eigenvalue weighted by Gasteiger charge is -2.13. The Morgan fingerprint density at radius 3 is 3.18 bits per heavy atom. The molecule has 1 aliphatic carbocycles. The second-order valence-electron chi connectivity index (χ2n) is 4.68. The molecule has 0 aromatic carbocycles. The highest BCUT2D eigenvalue weighted by atomic mass is 32.1. The van der Waals surface area contributed by atoms with Crippen molar-refractivity contribution in [1.82, 2.24) is 14.9 Å². The highest BCUT2D eigenvalue weighted by molar-refractivity contribution is 7.07. The number of rotatable bonds is 5. The van der Waals surface area contributed by atoms with Crippen LogP contribution in [0.25, 0.3) is 0 Å². The van der Waals surface area contributed by atoms with Crippen molar-refractivity contribution in [2.75, 3.05) is 0 Å². The summed E-state index contributed by atoms with van der Waals surface area (Å²) in [5, 5.41) is 7.89. The fraction of sp³-hybridized carbons (Fsp3) is 0.462. The van der Waals surface area contributed by atoms with Gasteiger partial charge in [-0.3, -0.25) is 0 Å². The van der Waals surface area contributed by atoms with Gasteiger partial charge in [-0.25, -0.2) is 4.98 Å². The third-order valence-corrected chi connectivity index (χ3v) is 4.02. The quantitative estimate of drug-likeness (QED) is 0.879. The summed E-state index contributed by atoms with van der Waals surface area (Å²) in [5.41, 5.74) is 2.67. The van der Waals surface area contributed by atoms with E-state index in [0.717, 1.165) is 6.54 Å². The summed E-state index contributed by atoms with van der Waals surface area (Å²) in [5.74, 6) is 0. The lowest BCUT2D eigenvalue weighted by molar-refractivity contribution is 0.548. The summed E-state index contributed by atoms with van der Waals surface area (Å²) in [4.78, 5) is 4.25. The number of hydrogen-bond acceptors (Lipinski definition) is 3. The monoisotopic (exact) mass is 247 g/mol. The van der Waals surface area contributed by atoms with Gasteiger partial charge in [0.25, 0.3) is 0 Å². The van der Waals surface area contributed by atoms with Gasteiger partial charge in [-0.1, -0.05) is 0 Å². The largest absolute Gasteiger partial charge is 0.330 e. The predicted octanol–water partition coefficient (Wildman–Crippen LogP) is 3.13. The van der Waals surface area contributed by atoms with Crippen LogP contribution in [0.3, 0.4) is 0 Å². The SMILES string of the molecule is CC(NCc1cncn1C1CC1)c1ccsc1. The molecule has 17 heavy (non-hydrogen) atoms.